The van der Waals surface area contributed by atoms with Crippen molar-refractivity contribution in [2.45, 2.75) is 25.7 Å². The van der Waals surface area contributed by atoms with Gasteiger partial charge < -0.3 is 10.2 Å². The first-order valence-corrected chi connectivity index (χ1v) is 4.58. The molecule has 0 saturated carbocycles. The van der Waals surface area contributed by atoms with Crippen molar-refractivity contribution in [2.24, 2.45) is 11.7 Å². The Balaban J connectivity index is 2.34. The Labute approximate surface area is 72.7 Å². The topological polar surface area (TPSA) is 39.2 Å². The SMILES string of the molecule is CC1CCc2cocc2C1CN. The summed E-state index contributed by atoms with van der Waals surface area (Å²) in [5, 5.41) is 0. The lowest BCUT2D eigenvalue weighted by Gasteiger charge is -2.27. The molecule has 1 aromatic rings. The van der Waals surface area contributed by atoms with Crippen molar-refractivity contribution in [3.8, 4) is 0 Å². The molecule has 0 aromatic carbocycles. The van der Waals surface area contributed by atoms with Gasteiger partial charge in [-0.15, -0.1) is 0 Å². The molecule has 0 saturated heterocycles. The van der Waals surface area contributed by atoms with Gasteiger partial charge in [0, 0.05) is 5.92 Å². The summed E-state index contributed by atoms with van der Waals surface area (Å²) in [6, 6.07) is 0. The van der Waals surface area contributed by atoms with Crippen LogP contribution in [-0.2, 0) is 6.42 Å². The van der Waals surface area contributed by atoms with E-state index in [1.165, 1.54) is 17.5 Å². The zero-order valence-electron chi connectivity index (χ0n) is 7.42. The fraction of sp³-hybridized carbons (Fsp3) is 0.600. The maximum Gasteiger partial charge on any atom is 0.0940 e. The van der Waals surface area contributed by atoms with Crippen LogP contribution >= 0.6 is 0 Å². The van der Waals surface area contributed by atoms with Gasteiger partial charge in [0.15, 0.2) is 0 Å². The number of hydrogen-bond donors (Lipinski definition) is 1. The molecular weight excluding hydrogens is 150 g/mol. The Morgan fingerprint density at radius 1 is 1.58 bits per heavy atom. The molecule has 66 valence electrons. The summed E-state index contributed by atoms with van der Waals surface area (Å²) in [6.07, 6.45) is 6.13. The van der Waals surface area contributed by atoms with E-state index >= 15 is 0 Å². The Morgan fingerprint density at radius 2 is 2.42 bits per heavy atom. The average molecular weight is 165 g/mol. The van der Waals surface area contributed by atoms with Crippen LogP contribution < -0.4 is 5.73 Å². The summed E-state index contributed by atoms with van der Waals surface area (Å²) in [7, 11) is 0. The highest BCUT2D eigenvalue weighted by atomic mass is 16.3. The molecule has 1 aliphatic rings. The molecule has 0 spiro atoms. The molecule has 2 nitrogen and oxygen atoms in total. The van der Waals surface area contributed by atoms with Gasteiger partial charge in [-0.2, -0.15) is 0 Å². The van der Waals surface area contributed by atoms with Crippen LogP contribution in [0.4, 0.5) is 0 Å². The summed E-state index contributed by atoms with van der Waals surface area (Å²) >= 11 is 0. The highest BCUT2D eigenvalue weighted by molar-refractivity contribution is 5.28. The number of furan rings is 1. The summed E-state index contributed by atoms with van der Waals surface area (Å²) in [5.41, 5.74) is 8.43. The zero-order chi connectivity index (χ0) is 8.55. The summed E-state index contributed by atoms with van der Waals surface area (Å²) in [6.45, 7) is 3.02. The van der Waals surface area contributed by atoms with E-state index in [1.54, 1.807) is 0 Å². The van der Waals surface area contributed by atoms with Crippen molar-refractivity contribution >= 4 is 0 Å². The van der Waals surface area contributed by atoms with Crippen molar-refractivity contribution in [2.75, 3.05) is 6.54 Å². The Hall–Kier alpha value is -0.760. The molecule has 2 N–H and O–H groups in total. The molecule has 2 heteroatoms. The molecule has 1 aliphatic carbocycles. The Bertz CT molecular complexity index is 267. The van der Waals surface area contributed by atoms with Gasteiger partial charge in [0.1, 0.15) is 0 Å². The highest BCUT2D eigenvalue weighted by Crippen LogP contribution is 2.35. The first kappa shape index (κ1) is 7.87. The molecule has 2 rings (SSSR count). The molecule has 0 aliphatic heterocycles. The third-order valence-corrected chi connectivity index (χ3v) is 2.99. The van der Waals surface area contributed by atoms with Crippen LogP contribution in [0.15, 0.2) is 16.9 Å². The van der Waals surface area contributed by atoms with Gasteiger partial charge in [-0.1, -0.05) is 6.92 Å². The standard InChI is InChI=1S/C10H15NO/c1-7-2-3-8-5-12-6-10(8)9(7)4-11/h5-7,9H,2-4,11H2,1H3. The Morgan fingerprint density at radius 3 is 3.17 bits per heavy atom. The third kappa shape index (κ3) is 1.07. The summed E-state index contributed by atoms with van der Waals surface area (Å²) in [5.74, 6) is 1.23. The quantitative estimate of drug-likeness (QED) is 0.690. The minimum atomic E-state index is 0.521. The van der Waals surface area contributed by atoms with Gasteiger partial charge in [-0.05, 0) is 36.4 Å². The van der Waals surface area contributed by atoms with E-state index in [9.17, 15) is 0 Å². The van der Waals surface area contributed by atoms with E-state index < -0.39 is 0 Å². The van der Waals surface area contributed by atoms with Crippen LogP contribution in [0.5, 0.6) is 0 Å². The number of aryl methyl sites for hydroxylation is 1. The maximum absolute atomic E-state index is 5.73. The van der Waals surface area contributed by atoms with Crippen molar-refractivity contribution in [1.82, 2.24) is 0 Å². The minimum absolute atomic E-state index is 0.521. The van der Waals surface area contributed by atoms with E-state index in [-0.39, 0.29) is 0 Å². The molecule has 0 fully saturated rings. The van der Waals surface area contributed by atoms with Crippen molar-refractivity contribution in [3.63, 3.8) is 0 Å². The van der Waals surface area contributed by atoms with Crippen LogP contribution in [0.2, 0.25) is 0 Å². The molecule has 0 bridgehead atoms. The fourth-order valence-corrected chi connectivity index (χ4v) is 2.11. The van der Waals surface area contributed by atoms with Gasteiger partial charge >= 0.3 is 0 Å². The van der Waals surface area contributed by atoms with Gasteiger partial charge in [-0.25, -0.2) is 0 Å². The third-order valence-electron chi connectivity index (χ3n) is 2.99. The van der Waals surface area contributed by atoms with E-state index in [0.717, 1.165) is 13.0 Å². The molecule has 0 radical (unpaired) electrons. The second kappa shape index (κ2) is 2.94. The number of hydrogen-bond acceptors (Lipinski definition) is 2. The van der Waals surface area contributed by atoms with E-state index in [1.807, 2.05) is 12.5 Å². The van der Waals surface area contributed by atoms with Gasteiger partial charge in [0.25, 0.3) is 0 Å². The smallest absolute Gasteiger partial charge is 0.0940 e. The van der Waals surface area contributed by atoms with Gasteiger partial charge in [0.05, 0.1) is 12.5 Å². The lowest BCUT2D eigenvalue weighted by atomic mass is 9.78. The lowest BCUT2D eigenvalue weighted by molar-refractivity contribution is 0.409. The van der Waals surface area contributed by atoms with E-state index in [2.05, 4.69) is 6.92 Å². The largest absolute Gasteiger partial charge is 0.472 e. The average Bonchev–Trinajstić information content (AvgIpc) is 2.52. The monoisotopic (exact) mass is 165 g/mol. The van der Waals surface area contributed by atoms with Crippen molar-refractivity contribution in [1.29, 1.82) is 0 Å². The number of nitrogens with two attached hydrogens (primary N) is 1. The summed E-state index contributed by atoms with van der Waals surface area (Å²) < 4.78 is 5.19. The van der Waals surface area contributed by atoms with Crippen LogP contribution in [-0.4, -0.2) is 6.54 Å². The fourth-order valence-electron chi connectivity index (χ4n) is 2.11. The predicted octanol–water partition coefficient (Wildman–Crippen LogP) is 1.90. The predicted molar refractivity (Wildman–Crippen MR) is 48.0 cm³/mol. The van der Waals surface area contributed by atoms with Gasteiger partial charge in [0.2, 0.25) is 0 Å². The molecule has 0 amide bonds. The highest BCUT2D eigenvalue weighted by Gasteiger charge is 2.26. The minimum Gasteiger partial charge on any atom is -0.472 e. The van der Waals surface area contributed by atoms with Gasteiger partial charge in [-0.3, -0.25) is 0 Å². The van der Waals surface area contributed by atoms with Crippen LogP contribution in [0.1, 0.15) is 30.4 Å². The van der Waals surface area contributed by atoms with Crippen LogP contribution in [0, 0.1) is 5.92 Å². The molecule has 12 heavy (non-hydrogen) atoms. The molecule has 2 atom stereocenters. The summed E-state index contributed by atoms with van der Waals surface area (Å²) in [4.78, 5) is 0. The van der Waals surface area contributed by atoms with Crippen LogP contribution in [0.25, 0.3) is 0 Å². The zero-order valence-corrected chi connectivity index (χ0v) is 7.42. The molecular formula is C10H15NO. The second-order valence-electron chi connectivity index (χ2n) is 3.71. The van der Waals surface area contributed by atoms with E-state index in [0.29, 0.717) is 11.8 Å². The molecule has 1 heterocycles. The first-order chi connectivity index (χ1) is 5.83. The second-order valence-corrected chi connectivity index (χ2v) is 3.71. The Kier molecular flexibility index (Phi) is 1.93. The molecule has 2 unspecified atom stereocenters. The number of fused-ring (bicyclic) bond motifs is 1. The normalized spacial score (nSPS) is 28.5. The van der Waals surface area contributed by atoms with Crippen molar-refractivity contribution in [3.05, 3.63) is 23.7 Å². The number of rotatable bonds is 1. The first-order valence-electron chi connectivity index (χ1n) is 4.58. The maximum atomic E-state index is 5.73. The molecule has 1 aromatic heterocycles. The van der Waals surface area contributed by atoms with Crippen molar-refractivity contribution < 1.29 is 4.42 Å². The van der Waals surface area contributed by atoms with E-state index in [4.69, 9.17) is 10.2 Å². The van der Waals surface area contributed by atoms with Crippen LogP contribution in [0.3, 0.4) is 0 Å². The lowest BCUT2D eigenvalue weighted by Crippen LogP contribution is -2.24.